The highest BCUT2D eigenvalue weighted by Crippen LogP contribution is 2.40. The van der Waals surface area contributed by atoms with Gasteiger partial charge in [0.2, 0.25) is 0 Å². The van der Waals surface area contributed by atoms with E-state index in [1.165, 1.54) is 12.0 Å². The van der Waals surface area contributed by atoms with Crippen molar-refractivity contribution in [1.82, 2.24) is 4.90 Å². The number of anilines is 1. The van der Waals surface area contributed by atoms with Crippen molar-refractivity contribution in [1.29, 1.82) is 0 Å². The van der Waals surface area contributed by atoms with E-state index in [1.807, 2.05) is 30.3 Å². The molecule has 4 rings (SSSR count). The first-order valence-electron chi connectivity index (χ1n) is 9.81. The summed E-state index contributed by atoms with van der Waals surface area (Å²) in [5.74, 6) is 0.338. The number of carbonyl (C=O) groups is 2. The number of benzene rings is 2. The van der Waals surface area contributed by atoms with Crippen LogP contribution in [0, 0.1) is 0 Å². The van der Waals surface area contributed by atoms with Crippen LogP contribution in [0.2, 0.25) is 0 Å². The minimum Gasteiger partial charge on any atom is -0.497 e. The molecule has 1 fully saturated rings. The van der Waals surface area contributed by atoms with E-state index < -0.39 is 0 Å². The van der Waals surface area contributed by atoms with Crippen molar-refractivity contribution in [2.75, 3.05) is 32.2 Å². The highest BCUT2D eigenvalue weighted by atomic mass is 16.5. The number of imide groups is 1. The molecule has 0 radical (unpaired) electrons. The van der Waals surface area contributed by atoms with Gasteiger partial charge in [0.05, 0.1) is 25.5 Å². The first kappa shape index (κ1) is 19.1. The third-order valence-electron chi connectivity index (χ3n) is 5.42. The maximum absolute atomic E-state index is 13.6. The Balaban J connectivity index is 1.85. The quantitative estimate of drug-likeness (QED) is 0.729. The van der Waals surface area contributed by atoms with Gasteiger partial charge in [-0.1, -0.05) is 30.3 Å². The van der Waals surface area contributed by atoms with Gasteiger partial charge in [-0.2, -0.15) is 0 Å². The van der Waals surface area contributed by atoms with E-state index >= 15 is 0 Å². The number of carbonyl (C=O) groups excluding carboxylic acids is 2. The molecular formula is C23H24N2O4. The van der Waals surface area contributed by atoms with E-state index in [-0.39, 0.29) is 11.8 Å². The van der Waals surface area contributed by atoms with Crippen molar-refractivity contribution in [3.8, 4) is 11.5 Å². The predicted molar refractivity (Wildman–Crippen MR) is 111 cm³/mol. The fraction of sp³-hybridized carbons (Fsp3) is 0.304. The molecule has 0 aromatic heterocycles. The van der Waals surface area contributed by atoms with Crippen LogP contribution >= 0.6 is 0 Å². The van der Waals surface area contributed by atoms with Gasteiger partial charge in [0.25, 0.3) is 11.8 Å². The maximum Gasteiger partial charge on any atom is 0.282 e. The summed E-state index contributed by atoms with van der Waals surface area (Å²) in [7, 11) is 3.07. The molecule has 29 heavy (non-hydrogen) atoms. The van der Waals surface area contributed by atoms with Crippen LogP contribution < -0.4 is 14.4 Å². The van der Waals surface area contributed by atoms with Crippen molar-refractivity contribution in [3.05, 3.63) is 59.8 Å². The Labute approximate surface area is 170 Å². The monoisotopic (exact) mass is 392 g/mol. The standard InChI is InChI=1S/C23H24N2O4/c1-28-17-11-12-19(29-2)18(15-17)25-22(26)20(16-9-5-3-6-10-16)21(23(25)27)24-13-7-4-8-14-24/h3,5-6,9-12,15H,4,7-8,13-14H2,1-2H3. The van der Waals surface area contributed by atoms with E-state index in [0.717, 1.165) is 37.9 Å². The molecule has 2 aromatic carbocycles. The van der Waals surface area contributed by atoms with Crippen LogP contribution in [0.1, 0.15) is 24.8 Å². The molecule has 2 aliphatic heterocycles. The molecule has 0 saturated carbocycles. The smallest absolute Gasteiger partial charge is 0.282 e. The molecule has 6 nitrogen and oxygen atoms in total. The number of likely N-dealkylation sites (tertiary alicyclic amines) is 1. The molecule has 0 N–H and O–H groups in total. The molecule has 0 spiro atoms. The van der Waals surface area contributed by atoms with Crippen molar-refractivity contribution in [2.24, 2.45) is 0 Å². The number of nitrogens with zero attached hydrogens (tertiary/aromatic N) is 2. The van der Waals surface area contributed by atoms with Crippen molar-refractivity contribution in [2.45, 2.75) is 19.3 Å². The highest BCUT2D eigenvalue weighted by Gasteiger charge is 2.43. The number of rotatable bonds is 5. The zero-order valence-electron chi connectivity index (χ0n) is 16.7. The molecule has 2 amide bonds. The first-order chi connectivity index (χ1) is 14.2. The summed E-state index contributed by atoms with van der Waals surface area (Å²) in [6.07, 6.45) is 3.16. The Morgan fingerprint density at radius 3 is 2.21 bits per heavy atom. The summed E-state index contributed by atoms with van der Waals surface area (Å²) >= 11 is 0. The summed E-state index contributed by atoms with van der Waals surface area (Å²) in [6.45, 7) is 1.54. The lowest BCUT2D eigenvalue weighted by Crippen LogP contribution is -2.37. The average molecular weight is 392 g/mol. The number of hydrogen-bond acceptors (Lipinski definition) is 5. The van der Waals surface area contributed by atoms with E-state index in [0.29, 0.717) is 28.5 Å². The van der Waals surface area contributed by atoms with E-state index in [1.54, 1.807) is 25.3 Å². The van der Waals surface area contributed by atoms with Crippen molar-refractivity contribution in [3.63, 3.8) is 0 Å². The van der Waals surface area contributed by atoms with Gasteiger partial charge in [0.15, 0.2) is 0 Å². The normalized spacial score (nSPS) is 17.2. The molecule has 2 aromatic rings. The molecule has 2 aliphatic rings. The van der Waals surface area contributed by atoms with Crippen LogP contribution in [-0.4, -0.2) is 44.0 Å². The molecule has 0 atom stereocenters. The molecule has 0 unspecified atom stereocenters. The second kappa shape index (κ2) is 7.99. The number of piperidine rings is 1. The third-order valence-corrected chi connectivity index (χ3v) is 5.42. The summed E-state index contributed by atoms with van der Waals surface area (Å²) in [6, 6.07) is 14.5. The lowest BCUT2D eigenvalue weighted by Gasteiger charge is -2.29. The van der Waals surface area contributed by atoms with Gasteiger partial charge in [-0.15, -0.1) is 0 Å². The van der Waals surface area contributed by atoms with Gasteiger partial charge < -0.3 is 14.4 Å². The molecular weight excluding hydrogens is 368 g/mol. The Hall–Kier alpha value is -3.28. The zero-order chi connectivity index (χ0) is 20.4. The molecule has 0 bridgehead atoms. The van der Waals surface area contributed by atoms with Crippen LogP contribution in [0.5, 0.6) is 11.5 Å². The second-order valence-corrected chi connectivity index (χ2v) is 7.12. The van der Waals surface area contributed by atoms with Gasteiger partial charge in [0.1, 0.15) is 17.2 Å². The van der Waals surface area contributed by atoms with Crippen molar-refractivity contribution < 1.29 is 19.1 Å². The Morgan fingerprint density at radius 2 is 1.55 bits per heavy atom. The van der Waals surface area contributed by atoms with Gasteiger partial charge in [-0.25, -0.2) is 4.90 Å². The van der Waals surface area contributed by atoms with E-state index in [4.69, 9.17) is 9.47 Å². The molecule has 150 valence electrons. The third kappa shape index (κ3) is 3.35. The van der Waals surface area contributed by atoms with E-state index in [9.17, 15) is 9.59 Å². The van der Waals surface area contributed by atoms with Gasteiger partial charge in [-0.05, 0) is 37.0 Å². The fourth-order valence-corrected chi connectivity index (χ4v) is 3.98. The largest absolute Gasteiger partial charge is 0.497 e. The summed E-state index contributed by atoms with van der Waals surface area (Å²) in [5, 5.41) is 0. The van der Waals surface area contributed by atoms with Gasteiger partial charge in [-0.3, -0.25) is 9.59 Å². The molecule has 6 heteroatoms. The summed E-state index contributed by atoms with van der Waals surface area (Å²) < 4.78 is 10.8. The Bertz CT molecular complexity index is 962. The Kier molecular flexibility index (Phi) is 5.25. The topological polar surface area (TPSA) is 59.1 Å². The van der Waals surface area contributed by atoms with Crippen LogP contribution in [0.4, 0.5) is 5.69 Å². The average Bonchev–Trinajstić information content (AvgIpc) is 3.04. The molecule has 2 heterocycles. The predicted octanol–water partition coefficient (Wildman–Crippen LogP) is 3.47. The SMILES string of the molecule is COc1ccc(OC)c(N2C(=O)C(c3ccccc3)=C(N3CCCCC3)C2=O)c1. The van der Waals surface area contributed by atoms with Gasteiger partial charge >= 0.3 is 0 Å². The number of hydrogen-bond donors (Lipinski definition) is 0. The Morgan fingerprint density at radius 1 is 0.828 bits per heavy atom. The van der Waals surface area contributed by atoms with Crippen LogP contribution in [0.25, 0.3) is 5.57 Å². The van der Waals surface area contributed by atoms with Gasteiger partial charge in [0, 0.05) is 19.2 Å². The van der Waals surface area contributed by atoms with Crippen LogP contribution in [0.3, 0.4) is 0 Å². The summed E-state index contributed by atoms with van der Waals surface area (Å²) in [4.78, 5) is 30.4. The maximum atomic E-state index is 13.6. The molecule has 1 saturated heterocycles. The molecule has 0 aliphatic carbocycles. The number of amides is 2. The minimum absolute atomic E-state index is 0.317. The van der Waals surface area contributed by atoms with E-state index in [2.05, 4.69) is 4.90 Å². The minimum atomic E-state index is -0.340. The summed E-state index contributed by atoms with van der Waals surface area (Å²) in [5.41, 5.74) is 2.06. The fourth-order valence-electron chi connectivity index (χ4n) is 3.98. The lowest BCUT2D eigenvalue weighted by molar-refractivity contribution is -0.120. The zero-order valence-corrected chi connectivity index (χ0v) is 16.7. The number of methoxy groups -OCH3 is 2. The lowest BCUT2D eigenvalue weighted by atomic mass is 10.0. The second-order valence-electron chi connectivity index (χ2n) is 7.12. The number of ether oxygens (including phenoxy) is 2. The first-order valence-corrected chi connectivity index (χ1v) is 9.81. The van der Waals surface area contributed by atoms with Crippen LogP contribution in [0.15, 0.2) is 54.2 Å². The van der Waals surface area contributed by atoms with Crippen molar-refractivity contribution >= 4 is 23.1 Å². The highest BCUT2D eigenvalue weighted by molar-refractivity contribution is 6.45. The van der Waals surface area contributed by atoms with Crippen LogP contribution in [-0.2, 0) is 9.59 Å².